The zero-order chi connectivity index (χ0) is 31.3. The van der Waals surface area contributed by atoms with Crippen molar-refractivity contribution in [2.45, 2.75) is 24.4 Å². The Morgan fingerprint density at radius 2 is 1.74 bits per heavy atom. The first kappa shape index (κ1) is 31.6. The summed E-state index contributed by atoms with van der Waals surface area (Å²) in [5.41, 5.74) is 1.19. The van der Waals surface area contributed by atoms with Crippen LogP contribution in [-0.4, -0.2) is 78.7 Å². The molecule has 0 aliphatic carbocycles. The van der Waals surface area contributed by atoms with Gasteiger partial charge in [-0.15, -0.1) is 0 Å². The van der Waals surface area contributed by atoms with Gasteiger partial charge in [-0.2, -0.15) is 13.2 Å². The molecule has 10 nitrogen and oxygen atoms in total. The van der Waals surface area contributed by atoms with Crippen LogP contribution in [0.3, 0.4) is 0 Å². The molecule has 4 rings (SSSR count). The highest BCUT2D eigenvalue weighted by Gasteiger charge is 2.42. The van der Waals surface area contributed by atoms with E-state index in [1.54, 1.807) is 67.4 Å². The van der Waals surface area contributed by atoms with E-state index in [1.807, 2.05) is 0 Å². The summed E-state index contributed by atoms with van der Waals surface area (Å²) in [6.07, 6.45) is -3.22. The van der Waals surface area contributed by atoms with Gasteiger partial charge in [0.15, 0.2) is 12.1 Å². The fourth-order valence-electron chi connectivity index (χ4n) is 4.46. The average Bonchev–Trinajstić information content (AvgIpc) is 3.28. The minimum absolute atomic E-state index is 0.0146. The summed E-state index contributed by atoms with van der Waals surface area (Å²) >= 11 is 0. The fraction of sp³-hybridized carbons (Fsp3) is 0.345. The van der Waals surface area contributed by atoms with Crippen molar-refractivity contribution in [2.24, 2.45) is 0 Å². The summed E-state index contributed by atoms with van der Waals surface area (Å²) in [7, 11) is 2.98. The molecule has 43 heavy (non-hydrogen) atoms. The van der Waals surface area contributed by atoms with Crippen LogP contribution in [0, 0.1) is 6.92 Å². The van der Waals surface area contributed by atoms with Crippen molar-refractivity contribution in [3.8, 4) is 11.5 Å². The van der Waals surface area contributed by atoms with Crippen LogP contribution < -0.4 is 19.3 Å². The van der Waals surface area contributed by atoms with Gasteiger partial charge >= 0.3 is 18.2 Å². The Labute approximate surface area is 249 Å². The average molecular weight is 621 g/mol. The van der Waals surface area contributed by atoms with Gasteiger partial charge in [0.2, 0.25) is 0 Å². The lowest BCUT2D eigenvalue weighted by Gasteiger charge is -2.31. The van der Waals surface area contributed by atoms with Crippen molar-refractivity contribution in [2.75, 3.05) is 50.8 Å². The maximum Gasteiger partial charge on any atom is 0.422 e. The summed E-state index contributed by atoms with van der Waals surface area (Å²) in [4.78, 5) is 34.8. The molecule has 2 heterocycles. The van der Waals surface area contributed by atoms with E-state index in [4.69, 9.17) is 14.2 Å². The second-order valence-corrected chi connectivity index (χ2v) is 11.1. The first-order valence-electron chi connectivity index (χ1n) is 13.1. The molecule has 0 N–H and O–H groups in total. The number of amides is 2. The number of hydrogen-bond acceptors (Lipinski definition) is 8. The maximum absolute atomic E-state index is 13.8. The number of carbonyl (C=O) groups excluding carboxylic acids is 2. The van der Waals surface area contributed by atoms with Gasteiger partial charge in [-0.05, 0) is 49.4 Å². The minimum Gasteiger partial charge on any atom is -0.497 e. The van der Waals surface area contributed by atoms with Crippen molar-refractivity contribution < 1.29 is 41.2 Å². The number of hydrogen-bond donors (Lipinski definition) is 0. The number of pyridine rings is 1. The Kier molecular flexibility index (Phi) is 9.79. The van der Waals surface area contributed by atoms with Gasteiger partial charge in [0.1, 0.15) is 18.1 Å². The van der Waals surface area contributed by atoms with Crippen LogP contribution >= 0.6 is 0 Å². The number of carbonyl (C=O) groups is 2. The SMILES string of the molecule is COc1ccc(C(=O)OCCN(C)C(=O)N2c3ccccc3N(C)C2[S@](=O)Cc2nccc(OCC(F)(F)F)c2C)cc1. The number of aromatic nitrogens is 1. The smallest absolute Gasteiger partial charge is 0.422 e. The Morgan fingerprint density at radius 3 is 2.40 bits per heavy atom. The molecule has 0 spiro atoms. The number of nitrogens with zero attached hydrogens (tertiary/aromatic N) is 4. The zero-order valence-electron chi connectivity index (χ0n) is 24.0. The number of esters is 1. The topological polar surface area (TPSA) is 102 Å². The Bertz CT molecular complexity index is 1490. The van der Waals surface area contributed by atoms with E-state index < -0.39 is 41.1 Å². The van der Waals surface area contributed by atoms with E-state index in [2.05, 4.69) is 4.98 Å². The molecule has 1 unspecified atom stereocenters. The molecule has 0 radical (unpaired) electrons. The number of fused-ring (bicyclic) bond motifs is 1. The van der Waals surface area contributed by atoms with Crippen molar-refractivity contribution >= 4 is 34.2 Å². The molecule has 14 heteroatoms. The molecule has 230 valence electrons. The van der Waals surface area contributed by atoms with E-state index >= 15 is 0 Å². The van der Waals surface area contributed by atoms with Gasteiger partial charge in [-0.25, -0.2) is 9.59 Å². The minimum atomic E-state index is -4.52. The molecule has 2 atom stereocenters. The van der Waals surface area contributed by atoms with E-state index in [9.17, 15) is 27.0 Å². The normalized spacial score (nSPS) is 15.1. The summed E-state index contributed by atoms with van der Waals surface area (Å²) in [6.45, 7) is 0.0507. The largest absolute Gasteiger partial charge is 0.497 e. The number of methoxy groups -OCH3 is 1. The lowest BCUT2D eigenvalue weighted by Crippen LogP contribution is -2.52. The monoisotopic (exact) mass is 620 g/mol. The Morgan fingerprint density at radius 1 is 1.07 bits per heavy atom. The van der Waals surface area contributed by atoms with Crippen LogP contribution in [0.1, 0.15) is 21.6 Å². The maximum atomic E-state index is 13.8. The summed E-state index contributed by atoms with van der Waals surface area (Å²) in [5.74, 6) is -0.124. The molecule has 0 saturated carbocycles. The Hall–Kier alpha value is -4.33. The van der Waals surface area contributed by atoms with Crippen LogP contribution in [0.25, 0.3) is 0 Å². The second-order valence-electron chi connectivity index (χ2n) is 9.67. The third-order valence-corrected chi connectivity index (χ3v) is 8.31. The van der Waals surface area contributed by atoms with Gasteiger partial charge < -0.3 is 24.0 Å². The highest BCUT2D eigenvalue weighted by atomic mass is 32.2. The molecule has 2 amide bonds. The van der Waals surface area contributed by atoms with Gasteiger partial charge in [-0.3, -0.25) is 14.1 Å². The predicted molar refractivity (Wildman–Crippen MR) is 155 cm³/mol. The molecule has 0 bridgehead atoms. The van der Waals surface area contributed by atoms with Crippen LogP contribution in [0.5, 0.6) is 11.5 Å². The Balaban J connectivity index is 1.47. The molecule has 1 aliphatic rings. The summed E-state index contributed by atoms with van der Waals surface area (Å²) in [5, 5.41) is 0. The van der Waals surface area contributed by atoms with Gasteiger partial charge in [0, 0.05) is 25.9 Å². The quantitative estimate of drug-likeness (QED) is 0.300. The first-order chi connectivity index (χ1) is 20.4. The van der Waals surface area contributed by atoms with Crippen LogP contribution in [0.4, 0.5) is 29.3 Å². The first-order valence-corrected chi connectivity index (χ1v) is 14.5. The van der Waals surface area contributed by atoms with Crippen molar-refractivity contribution in [3.63, 3.8) is 0 Å². The fourth-order valence-corrected chi connectivity index (χ4v) is 6.08. The van der Waals surface area contributed by atoms with Gasteiger partial charge in [0.05, 0.1) is 52.8 Å². The predicted octanol–water partition coefficient (Wildman–Crippen LogP) is 4.74. The number of halogens is 3. The second kappa shape index (κ2) is 13.3. The van der Waals surface area contributed by atoms with E-state index in [1.165, 1.54) is 36.2 Å². The van der Waals surface area contributed by atoms with E-state index in [0.29, 0.717) is 28.3 Å². The third-order valence-electron chi connectivity index (χ3n) is 6.76. The highest BCUT2D eigenvalue weighted by molar-refractivity contribution is 7.85. The van der Waals surface area contributed by atoms with Crippen molar-refractivity contribution in [1.82, 2.24) is 9.88 Å². The summed E-state index contributed by atoms with van der Waals surface area (Å²) < 4.78 is 67.3. The molecule has 3 aromatic rings. The molecule has 1 aliphatic heterocycles. The lowest BCUT2D eigenvalue weighted by atomic mass is 10.2. The standard InChI is InChI=1S/C29H31F3N4O6S/c1-19-22(33-14-13-25(19)42-18-29(30,31)32)17-43(39)28-35(3)23-7-5-6-8-24(23)36(28)27(38)34(2)15-16-41-26(37)20-9-11-21(40-4)12-10-20/h5-14,28H,15-18H2,1-4H3/t28?,43-/m1/s1. The molecule has 1 aromatic heterocycles. The molecule has 2 aromatic carbocycles. The van der Waals surface area contributed by atoms with E-state index in [0.717, 1.165) is 0 Å². The zero-order valence-corrected chi connectivity index (χ0v) is 24.8. The number of urea groups is 1. The van der Waals surface area contributed by atoms with Gasteiger partial charge in [-0.1, -0.05) is 12.1 Å². The third kappa shape index (κ3) is 7.37. The number of rotatable bonds is 10. The van der Waals surface area contributed by atoms with Gasteiger partial charge in [0.25, 0.3) is 0 Å². The van der Waals surface area contributed by atoms with Crippen molar-refractivity contribution in [1.29, 1.82) is 0 Å². The number of ether oxygens (including phenoxy) is 3. The summed E-state index contributed by atoms with van der Waals surface area (Å²) in [6, 6.07) is 14.3. The molecular weight excluding hydrogens is 589 g/mol. The lowest BCUT2D eigenvalue weighted by molar-refractivity contribution is -0.153. The van der Waals surface area contributed by atoms with Crippen LogP contribution in [0.15, 0.2) is 60.8 Å². The molecule has 0 fully saturated rings. The molecule has 0 saturated heterocycles. The van der Waals surface area contributed by atoms with Crippen LogP contribution in [0.2, 0.25) is 0 Å². The van der Waals surface area contributed by atoms with Crippen molar-refractivity contribution in [3.05, 3.63) is 77.6 Å². The number of alkyl halides is 3. The molecular formula is C29H31F3N4O6S. The van der Waals surface area contributed by atoms with Crippen LogP contribution in [-0.2, 0) is 21.3 Å². The number of likely N-dealkylation sites (N-methyl/N-ethyl adjacent to an activating group) is 1. The number of anilines is 2. The highest BCUT2D eigenvalue weighted by Crippen LogP contribution is 2.40. The number of benzene rings is 2. The number of para-hydroxylation sites is 2. The van der Waals surface area contributed by atoms with E-state index in [-0.39, 0.29) is 30.3 Å².